The van der Waals surface area contributed by atoms with E-state index in [1.807, 2.05) is 53.9 Å². The molecular weight excluding hydrogens is 324 g/mol. The van der Waals surface area contributed by atoms with Crippen LogP contribution in [0.5, 0.6) is 0 Å². The fraction of sp³-hybridized carbons (Fsp3) is 0.0500. The Morgan fingerprint density at radius 1 is 1.04 bits per heavy atom. The van der Waals surface area contributed by atoms with Crippen LogP contribution in [0.25, 0.3) is 39.1 Å². The molecule has 0 aliphatic rings. The molecule has 0 unspecified atom stereocenters. The molecule has 6 nitrogen and oxygen atoms in total. The van der Waals surface area contributed by atoms with Gasteiger partial charge in [-0.25, -0.2) is 9.97 Å². The van der Waals surface area contributed by atoms with Gasteiger partial charge < -0.3 is 5.73 Å². The van der Waals surface area contributed by atoms with E-state index >= 15 is 0 Å². The van der Waals surface area contributed by atoms with Crippen LogP contribution in [0.2, 0.25) is 0 Å². The molecule has 0 saturated heterocycles. The first kappa shape index (κ1) is 14.7. The van der Waals surface area contributed by atoms with Crippen LogP contribution >= 0.6 is 0 Å². The summed E-state index contributed by atoms with van der Waals surface area (Å²) in [5.41, 5.74) is 12.6. The van der Waals surface area contributed by atoms with E-state index in [2.05, 4.69) is 32.3 Å². The number of imidazole rings is 1. The van der Waals surface area contributed by atoms with Crippen LogP contribution in [-0.4, -0.2) is 24.6 Å². The van der Waals surface area contributed by atoms with E-state index in [-0.39, 0.29) is 0 Å². The predicted molar refractivity (Wildman–Crippen MR) is 103 cm³/mol. The van der Waals surface area contributed by atoms with E-state index in [4.69, 9.17) is 5.73 Å². The molecule has 0 radical (unpaired) electrons. The Morgan fingerprint density at radius 2 is 1.88 bits per heavy atom. The maximum atomic E-state index is 6.17. The Morgan fingerprint density at radius 3 is 2.73 bits per heavy atom. The number of hydrogen-bond donors (Lipinski definition) is 2. The summed E-state index contributed by atoms with van der Waals surface area (Å²) in [7, 11) is 0. The zero-order valence-corrected chi connectivity index (χ0v) is 14.1. The molecule has 0 atom stereocenters. The van der Waals surface area contributed by atoms with Crippen molar-refractivity contribution in [1.82, 2.24) is 24.6 Å². The minimum Gasteiger partial charge on any atom is -0.381 e. The molecule has 2 aromatic carbocycles. The summed E-state index contributed by atoms with van der Waals surface area (Å²) in [6.45, 7) is 1.99. The van der Waals surface area contributed by atoms with E-state index < -0.39 is 0 Å². The number of aromatic nitrogens is 5. The Balaban J connectivity index is 1.89. The number of aromatic amines is 1. The number of H-pyrrole nitrogens is 1. The van der Waals surface area contributed by atoms with E-state index in [0.717, 1.165) is 39.1 Å². The molecule has 0 fully saturated rings. The van der Waals surface area contributed by atoms with Crippen LogP contribution in [-0.2, 0) is 0 Å². The molecule has 0 bridgehead atoms. The summed E-state index contributed by atoms with van der Waals surface area (Å²) < 4.78 is 2.00. The molecule has 3 N–H and O–H groups in total. The van der Waals surface area contributed by atoms with Crippen LogP contribution in [0, 0.1) is 6.92 Å². The molecule has 0 saturated carbocycles. The number of anilines is 1. The first-order valence-corrected chi connectivity index (χ1v) is 8.35. The maximum absolute atomic E-state index is 6.17. The van der Waals surface area contributed by atoms with Crippen molar-refractivity contribution in [1.29, 1.82) is 0 Å². The van der Waals surface area contributed by atoms with Crippen molar-refractivity contribution in [2.45, 2.75) is 6.92 Å². The normalized spacial score (nSPS) is 11.4. The fourth-order valence-corrected chi connectivity index (χ4v) is 3.38. The standard InChI is InChI=1S/C20H16N6/c1-12-15-11-14(7-8-16(15)25-24-12)18-17(13-5-3-2-4-6-13)23-19(21)20-22-9-10-26(18)20/h2-11H,1H3,(H2,21,23)(H,24,25). The second kappa shape index (κ2) is 5.42. The highest BCUT2D eigenvalue weighted by atomic mass is 15.1. The van der Waals surface area contributed by atoms with Gasteiger partial charge in [0, 0.05) is 28.9 Å². The zero-order valence-electron chi connectivity index (χ0n) is 14.1. The van der Waals surface area contributed by atoms with Gasteiger partial charge in [0.05, 0.1) is 22.6 Å². The van der Waals surface area contributed by atoms with Gasteiger partial charge in [0.25, 0.3) is 0 Å². The SMILES string of the molecule is Cc1n[nH]c2ccc(-c3c(-c4ccccc4)nc(N)c4nccn34)cc12. The molecule has 5 rings (SSSR count). The predicted octanol–water partition coefficient (Wildman–Crippen LogP) is 3.83. The van der Waals surface area contributed by atoms with Gasteiger partial charge in [-0.3, -0.25) is 9.50 Å². The van der Waals surface area contributed by atoms with Crippen molar-refractivity contribution in [3.63, 3.8) is 0 Å². The van der Waals surface area contributed by atoms with Crippen LogP contribution < -0.4 is 5.73 Å². The Kier molecular flexibility index (Phi) is 3.05. The smallest absolute Gasteiger partial charge is 0.180 e. The summed E-state index contributed by atoms with van der Waals surface area (Å²) in [6.07, 6.45) is 3.66. The third-order valence-corrected chi connectivity index (χ3v) is 4.64. The van der Waals surface area contributed by atoms with Gasteiger partial charge in [0.15, 0.2) is 11.5 Å². The van der Waals surface area contributed by atoms with Crippen LogP contribution in [0.4, 0.5) is 5.82 Å². The highest BCUT2D eigenvalue weighted by Gasteiger charge is 2.17. The zero-order chi connectivity index (χ0) is 17.7. The topological polar surface area (TPSA) is 84.9 Å². The number of aryl methyl sites for hydroxylation is 1. The van der Waals surface area contributed by atoms with E-state index in [0.29, 0.717) is 11.5 Å². The summed E-state index contributed by atoms with van der Waals surface area (Å²) in [5, 5.41) is 8.44. The molecule has 0 spiro atoms. The van der Waals surface area contributed by atoms with Crippen molar-refractivity contribution >= 4 is 22.4 Å². The minimum absolute atomic E-state index is 0.415. The number of rotatable bonds is 2. The molecule has 3 aromatic heterocycles. The Hall–Kier alpha value is -3.67. The summed E-state index contributed by atoms with van der Waals surface area (Å²) in [5.74, 6) is 0.415. The van der Waals surface area contributed by atoms with Crippen LogP contribution in [0.3, 0.4) is 0 Å². The summed E-state index contributed by atoms with van der Waals surface area (Å²) in [4.78, 5) is 9.05. The molecule has 5 aromatic rings. The summed E-state index contributed by atoms with van der Waals surface area (Å²) >= 11 is 0. The average molecular weight is 340 g/mol. The lowest BCUT2D eigenvalue weighted by Gasteiger charge is -2.14. The average Bonchev–Trinajstić information content (AvgIpc) is 3.30. The lowest BCUT2D eigenvalue weighted by atomic mass is 10.0. The van der Waals surface area contributed by atoms with Crippen molar-refractivity contribution in [2.75, 3.05) is 5.73 Å². The lowest BCUT2D eigenvalue weighted by molar-refractivity contribution is 1.07. The molecule has 26 heavy (non-hydrogen) atoms. The second-order valence-corrected chi connectivity index (χ2v) is 6.25. The third-order valence-electron chi connectivity index (χ3n) is 4.64. The molecule has 0 amide bonds. The molecule has 0 aliphatic heterocycles. The molecule has 0 aliphatic carbocycles. The number of nitrogen functional groups attached to an aromatic ring is 1. The largest absolute Gasteiger partial charge is 0.381 e. The van der Waals surface area contributed by atoms with Gasteiger partial charge in [-0.2, -0.15) is 5.10 Å². The quantitative estimate of drug-likeness (QED) is 0.511. The molecule has 6 heteroatoms. The van der Waals surface area contributed by atoms with Gasteiger partial charge in [-0.05, 0) is 19.1 Å². The Bertz CT molecular complexity index is 1250. The maximum Gasteiger partial charge on any atom is 0.180 e. The first-order valence-electron chi connectivity index (χ1n) is 8.35. The van der Waals surface area contributed by atoms with E-state index in [1.54, 1.807) is 6.20 Å². The third kappa shape index (κ3) is 2.09. The number of nitrogens with zero attached hydrogens (tertiary/aromatic N) is 4. The van der Waals surface area contributed by atoms with Gasteiger partial charge in [0.2, 0.25) is 0 Å². The van der Waals surface area contributed by atoms with Crippen LogP contribution in [0.15, 0.2) is 60.9 Å². The number of benzene rings is 2. The van der Waals surface area contributed by atoms with Crippen molar-refractivity contribution in [3.05, 3.63) is 66.6 Å². The number of nitrogens with two attached hydrogens (primary N) is 1. The first-order chi connectivity index (χ1) is 12.7. The number of fused-ring (bicyclic) bond motifs is 2. The van der Waals surface area contributed by atoms with Crippen molar-refractivity contribution in [2.24, 2.45) is 0 Å². The van der Waals surface area contributed by atoms with Gasteiger partial charge in [-0.1, -0.05) is 36.4 Å². The van der Waals surface area contributed by atoms with Crippen molar-refractivity contribution < 1.29 is 0 Å². The van der Waals surface area contributed by atoms with E-state index in [1.165, 1.54) is 0 Å². The highest BCUT2D eigenvalue weighted by molar-refractivity contribution is 5.90. The monoisotopic (exact) mass is 340 g/mol. The molecule has 3 heterocycles. The lowest BCUT2D eigenvalue weighted by Crippen LogP contribution is -2.03. The highest BCUT2D eigenvalue weighted by Crippen LogP contribution is 2.34. The fourth-order valence-electron chi connectivity index (χ4n) is 3.38. The molecular formula is C20H16N6. The van der Waals surface area contributed by atoms with E-state index in [9.17, 15) is 0 Å². The van der Waals surface area contributed by atoms with Crippen molar-refractivity contribution in [3.8, 4) is 22.5 Å². The van der Waals surface area contributed by atoms with Gasteiger partial charge in [0.1, 0.15) is 0 Å². The van der Waals surface area contributed by atoms with Crippen LogP contribution in [0.1, 0.15) is 5.69 Å². The number of nitrogens with one attached hydrogen (secondary N) is 1. The summed E-state index contributed by atoms with van der Waals surface area (Å²) in [6, 6.07) is 16.3. The molecule has 126 valence electrons. The minimum atomic E-state index is 0.415. The van der Waals surface area contributed by atoms with Gasteiger partial charge >= 0.3 is 0 Å². The second-order valence-electron chi connectivity index (χ2n) is 6.25. The van der Waals surface area contributed by atoms with Gasteiger partial charge in [-0.15, -0.1) is 0 Å². The number of hydrogen-bond acceptors (Lipinski definition) is 4. The Labute approximate surface area is 149 Å².